The van der Waals surface area contributed by atoms with Gasteiger partial charge in [0, 0.05) is 28.9 Å². The van der Waals surface area contributed by atoms with Crippen molar-refractivity contribution in [2.24, 2.45) is 0 Å². The number of carbonyl (C=O) groups excluding carboxylic acids is 1. The molecule has 1 amide bonds. The summed E-state index contributed by atoms with van der Waals surface area (Å²) < 4.78 is 0. The van der Waals surface area contributed by atoms with Gasteiger partial charge in [-0.25, -0.2) is 0 Å². The minimum atomic E-state index is 0.0281. The second-order valence-electron chi connectivity index (χ2n) is 3.80. The topological polar surface area (TPSA) is 54.0 Å². The van der Waals surface area contributed by atoms with Gasteiger partial charge < -0.3 is 10.6 Å². The molecule has 2 N–H and O–H groups in total. The van der Waals surface area contributed by atoms with Crippen molar-refractivity contribution in [3.8, 4) is 0 Å². The molecule has 0 aliphatic carbocycles. The van der Waals surface area contributed by atoms with Gasteiger partial charge in [-0.15, -0.1) is 11.3 Å². The van der Waals surface area contributed by atoms with Crippen molar-refractivity contribution in [3.05, 3.63) is 40.8 Å². The van der Waals surface area contributed by atoms with Gasteiger partial charge in [-0.3, -0.25) is 9.78 Å². The van der Waals surface area contributed by atoms with Crippen LogP contribution in [0.2, 0.25) is 0 Å². The lowest BCUT2D eigenvalue weighted by Crippen LogP contribution is -2.09. The Morgan fingerprint density at radius 1 is 1.28 bits per heavy atom. The Labute approximate surface area is 110 Å². The fraction of sp³-hybridized carbons (Fsp3) is 0.231. The summed E-state index contributed by atoms with van der Waals surface area (Å²) in [5, 5.41) is 6.11. The van der Waals surface area contributed by atoms with Crippen LogP contribution in [0.5, 0.6) is 0 Å². The summed E-state index contributed by atoms with van der Waals surface area (Å²) in [6.07, 6.45) is 2.35. The molecular weight excluding hydrogens is 246 g/mol. The molecule has 0 radical (unpaired) electrons. The van der Waals surface area contributed by atoms with Crippen molar-refractivity contribution >= 4 is 28.6 Å². The van der Waals surface area contributed by atoms with Gasteiger partial charge in [-0.2, -0.15) is 0 Å². The summed E-state index contributed by atoms with van der Waals surface area (Å²) >= 11 is 1.63. The summed E-state index contributed by atoms with van der Waals surface area (Å²) in [6, 6.07) is 7.68. The van der Waals surface area contributed by atoms with E-state index in [2.05, 4.69) is 15.6 Å². The van der Waals surface area contributed by atoms with E-state index in [0.29, 0.717) is 6.42 Å². The normalized spacial score (nSPS) is 10.1. The average Bonchev–Trinajstić information content (AvgIpc) is 2.91. The van der Waals surface area contributed by atoms with Crippen LogP contribution in [0.4, 0.5) is 11.4 Å². The summed E-state index contributed by atoms with van der Waals surface area (Å²) in [5.74, 6) is 0.0281. The number of thiazole rings is 1. The number of aromatic nitrogens is 1. The molecule has 2 aromatic rings. The molecule has 2 rings (SSSR count). The Hall–Kier alpha value is -1.88. The third-order valence-electron chi connectivity index (χ3n) is 2.44. The molecule has 0 saturated carbocycles. The van der Waals surface area contributed by atoms with E-state index < -0.39 is 0 Å². The van der Waals surface area contributed by atoms with E-state index >= 15 is 0 Å². The number of nitrogens with one attached hydrogen (secondary N) is 2. The van der Waals surface area contributed by atoms with Crippen LogP contribution in [-0.4, -0.2) is 10.9 Å². The van der Waals surface area contributed by atoms with Gasteiger partial charge in [0.2, 0.25) is 5.91 Å². The van der Waals surface area contributed by atoms with Crippen LogP contribution in [0.25, 0.3) is 0 Å². The molecule has 0 aliphatic heterocycles. The lowest BCUT2D eigenvalue weighted by molar-refractivity contribution is -0.115. The Bertz CT molecular complexity index is 493. The number of amides is 1. The van der Waals surface area contributed by atoms with Crippen molar-refractivity contribution < 1.29 is 4.79 Å². The van der Waals surface area contributed by atoms with Crippen molar-refractivity contribution in [3.63, 3.8) is 0 Å². The molecule has 1 aromatic heterocycles. The highest BCUT2D eigenvalue weighted by Gasteiger charge is 1.99. The first-order valence-electron chi connectivity index (χ1n) is 5.79. The molecule has 0 atom stereocenters. The standard InChI is InChI=1S/C13H15N3OS/c1-2-13(17)16-11-5-3-10(4-6-11)15-8-12-7-14-9-18-12/h3-7,9,15H,2,8H2,1H3,(H,16,17). The van der Waals surface area contributed by atoms with E-state index in [-0.39, 0.29) is 5.91 Å². The van der Waals surface area contributed by atoms with Crippen LogP contribution in [0.1, 0.15) is 18.2 Å². The number of hydrogen-bond donors (Lipinski definition) is 2. The molecule has 0 bridgehead atoms. The van der Waals surface area contributed by atoms with Gasteiger partial charge in [-0.05, 0) is 24.3 Å². The number of hydrogen-bond acceptors (Lipinski definition) is 4. The summed E-state index contributed by atoms with van der Waals surface area (Å²) in [6.45, 7) is 2.60. The lowest BCUT2D eigenvalue weighted by Gasteiger charge is -2.07. The average molecular weight is 261 g/mol. The van der Waals surface area contributed by atoms with Crippen LogP contribution in [0.3, 0.4) is 0 Å². The zero-order chi connectivity index (χ0) is 12.8. The van der Waals surface area contributed by atoms with Gasteiger partial charge >= 0.3 is 0 Å². The molecule has 18 heavy (non-hydrogen) atoms. The highest BCUT2D eigenvalue weighted by Crippen LogP contribution is 2.15. The molecule has 94 valence electrons. The number of rotatable bonds is 5. The van der Waals surface area contributed by atoms with Crippen LogP contribution in [0.15, 0.2) is 36.0 Å². The van der Waals surface area contributed by atoms with Crippen molar-refractivity contribution in [1.29, 1.82) is 0 Å². The largest absolute Gasteiger partial charge is 0.380 e. The number of benzene rings is 1. The highest BCUT2D eigenvalue weighted by atomic mass is 32.1. The molecule has 4 nitrogen and oxygen atoms in total. The zero-order valence-corrected chi connectivity index (χ0v) is 11.0. The van der Waals surface area contributed by atoms with Gasteiger partial charge in [0.25, 0.3) is 0 Å². The minimum Gasteiger partial charge on any atom is -0.380 e. The summed E-state index contributed by atoms with van der Waals surface area (Å²) in [4.78, 5) is 16.4. The predicted molar refractivity (Wildman–Crippen MR) is 74.8 cm³/mol. The third-order valence-corrected chi connectivity index (χ3v) is 3.22. The van der Waals surface area contributed by atoms with E-state index in [4.69, 9.17) is 0 Å². The number of nitrogens with zero attached hydrogens (tertiary/aromatic N) is 1. The first kappa shape index (κ1) is 12.6. The van der Waals surface area contributed by atoms with Crippen molar-refractivity contribution in [1.82, 2.24) is 4.98 Å². The molecule has 0 aliphatic rings. The lowest BCUT2D eigenvalue weighted by atomic mass is 10.2. The van der Waals surface area contributed by atoms with Crippen molar-refractivity contribution in [2.45, 2.75) is 19.9 Å². The summed E-state index contributed by atoms with van der Waals surface area (Å²) in [5.41, 5.74) is 3.67. The fourth-order valence-corrected chi connectivity index (χ4v) is 1.97. The van der Waals surface area contributed by atoms with Crippen molar-refractivity contribution in [2.75, 3.05) is 10.6 Å². The Morgan fingerprint density at radius 2 is 2.00 bits per heavy atom. The van der Waals surface area contributed by atoms with Crippen LogP contribution in [0, 0.1) is 0 Å². The quantitative estimate of drug-likeness (QED) is 0.869. The first-order valence-corrected chi connectivity index (χ1v) is 6.67. The predicted octanol–water partition coefficient (Wildman–Crippen LogP) is 3.10. The first-order chi connectivity index (χ1) is 8.78. The molecule has 0 unspecified atom stereocenters. The van der Waals surface area contributed by atoms with E-state index in [1.165, 1.54) is 4.88 Å². The molecule has 0 saturated heterocycles. The minimum absolute atomic E-state index is 0.0281. The van der Waals surface area contributed by atoms with E-state index in [1.807, 2.05) is 42.9 Å². The molecule has 0 fully saturated rings. The van der Waals surface area contributed by atoms with Gasteiger partial charge in [0.15, 0.2) is 0 Å². The molecular formula is C13H15N3OS. The van der Waals surface area contributed by atoms with Crippen LogP contribution >= 0.6 is 11.3 Å². The second-order valence-corrected chi connectivity index (χ2v) is 4.77. The Morgan fingerprint density at radius 3 is 2.61 bits per heavy atom. The SMILES string of the molecule is CCC(=O)Nc1ccc(NCc2cncs2)cc1. The summed E-state index contributed by atoms with van der Waals surface area (Å²) in [7, 11) is 0. The third kappa shape index (κ3) is 3.56. The van der Waals surface area contributed by atoms with Gasteiger partial charge in [-0.1, -0.05) is 6.92 Å². The fourth-order valence-electron chi connectivity index (χ4n) is 1.44. The molecule has 5 heteroatoms. The maximum absolute atomic E-state index is 11.2. The van der Waals surface area contributed by atoms with Gasteiger partial charge in [0.1, 0.15) is 0 Å². The van der Waals surface area contributed by atoms with Gasteiger partial charge in [0.05, 0.1) is 12.1 Å². The van der Waals surface area contributed by atoms with E-state index in [0.717, 1.165) is 17.9 Å². The zero-order valence-electron chi connectivity index (χ0n) is 10.1. The number of carbonyl (C=O) groups is 1. The molecule has 1 aromatic carbocycles. The van der Waals surface area contributed by atoms with E-state index in [9.17, 15) is 4.79 Å². The molecule has 1 heterocycles. The molecule has 0 spiro atoms. The second kappa shape index (κ2) is 6.16. The maximum atomic E-state index is 11.2. The smallest absolute Gasteiger partial charge is 0.224 e. The Kier molecular flexibility index (Phi) is 4.30. The number of anilines is 2. The maximum Gasteiger partial charge on any atom is 0.224 e. The van der Waals surface area contributed by atoms with E-state index in [1.54, 1.807) is 11.3 Å². The monoisotopic (exact) mass is 261 g/mol. The Balaban J connectivity index is 1.89. The van der Waals surface area contributed by atoms with Crippen LogP contribution in [-0.2, 0) is 11.3 Å². The highest BCUT2D eigenvalue weighted by molar-refractivity contribution is 7.09. The van der Waals surface area contributed by atoms with Crippen LogP contribution < -0.4 is 10.6 Å².